The Morgan fingerprint density at radius 2 is 1.85 bits per heavy atom. The molecule has 0 unspecified atom stereocenters. The fraction of sp³-hybridized carbons (Fsp3) is 0.455. The summed E-state index contributed by atoms with van der Waals surface area (Å²) in [5, 5.41) is 0. The Bertz CT molecular complexity index is 221. The minimum atomic E-state index is -1.18. The van der Waals surface area contributed by atoms with Crippen LogP contribution in [0.2, 0.25) is 19.6 Å². The van der Waals surface area contributed by atoms with Gasteiger partial charge in [0, 0.05) is 5.92 Å². The quantitative estimate of drug-likeness (QED) is 0.491. The first-order chi connectivity index (χ1) is 6.04. The van der Waals surface area contributed by atoms with E-state index in [1.807, 2.05) is 6.08 Å². The molecule has 0 spiro atoms. The highest BCUT2D eigenvalue weighted by molar-refractivity contribution is 6.73. The van der Waals surface area contributed by atoms with E-state index in [-0.39, 0.29) is 0 Å². The number of hydrogen-bond donors (Lipinski definition) is 0. The van der Waals surface area contributed by atoms with Gasteiger partial charge in [-0.3, -0.25) is 0 Å². The summed E-state index contributed by atoms with van der Waals surface area (Å²) in [5.74, 6) is 0.560. The first-order valence-electron chi connectivity index (χ1n) is 4.80. The normalized spacial score (nSPS) is 17.9. The Balaban J connectivity index is 2.58. The summed E-state index contributed by atoms with van der Waals surface area (Å²) in [6, 6.07) is 0. The minimum Gasteiger partial charge on any atom is -0.381 e. The standard InChI is InChI=1S/C11H19NSi/c1-5-6-11-7-9-12(10-8-11)13(2,3)4/h5,7-11H,1,6H2,2-4H3. The average molecular weight is 193 g/mol. The van der Waals surface area contributed by atoms with Crippen molar-refractivity contribution in [1.82, 2.24) is 4.57 Å². The van der Waals surface area contributed by atoms with Crippen LogP contribution in [0.5, 0.6) is 0 Å². The lowest BCUT2D eigenvalue weighted by Gasteiger charge is -2.32. The van der Waals surface area contributed by atoms with Gasteiger partial charge < -0.3 is 4.57 Å². The molecule has 0 aliphatic carbocycles. The van der Waals surface area contributed by atoms with Crippen molar-refractivity contribution in [2.45, 2.75) is 26.1 Å². The van der Waals surface area contributed by atoms with Crippen LogP contribution >= 0.6 is 0 Å². The highest BCUT2D eigenvalue weighted by Gasteiger charge is 2.20. The first-order valence-corrected chi connectivity index (χ1v) is 8.25. The maximum absolute atomic E-state index is 3.75. The monoisotopic (exact) mass is 193 g/mol. The van der Waals surface area contributed by atoms with Gasteiger partial charge in [-0.1, -0.05) is 37.9 Å². The van der Waals surface area contributed by atoms with Crippen LogP contribution < -0.4 is 0 Å². The van der Waals surface area contributed by atoms with Gasteiger partial charge in [0.15, 0.2) is 8.24 Å². The maximum Gasteiger partial charge on any atom is 0.152 e. The molecule has 0 saturated heterocycles. The highest BCUT2D eigenvalue weighted by atomic mass is 28.3. The van der Waals surface area contributed by atoms with Crippen molar-refractivity contribution in [3.63, 3.8) is 0 Å². The van der Waals surface area contributed by atoms with E-state index in [0.717, 1.165) is 6.42 Å². The van der Waals surface area contributed by atoms with E-state index in [9.17, 15) is 0 Å². The second-order valence-corrected chi connectivity index (χ2v) is 9.31. The van der Waals surface area contributed by atoms with Crippen LogP contribution in [-0.2, 0) is 0 Å². The molecule has 0 N–H and O–H groups in total. The van der Waals surface area contributed by atoms with Crippen molar-refractivity contribution in [1.29, 1.82) is 0 Å². The predicted molar refractivity (Wildman–Crippen MR) is 61.8 cm³/mol. The summed E-state index contributed by atoms with van der Waals surface area (Å²) in [5.41, 5.74) is 0. The van der Waals surface area contributed by atoms with E-state index in [1.165, 1.54) is 0 Å². The molecular weight excluding hydrogens is 174 g/mol. The summed E-state index contributed by atoms with van der Waals surface area (Å²) in [7, 11) is -1.18. The molecule has 0 aromatic heterocycles. The van der Waals surface area contributed by atoms with Gasteiger partial charge in [-0.25, -0.2) is 0 Å². The Kier molecular flexibility index (Phi) is 3.15. The molecule has 1 aliphatic rings. The van der Waals surface area contributed by atoms with Crippen molar-refractivity contribution >= 4 is 8.24 Å². The zero-order chi connectivity index (χ0) is 9.90. The Hall–Kier alpha value is -0.763. The zero-order valence-corrected chi connectivity index (χ0v) is 9.83. The summed E-state index contributed by atoms with van der Waals surface area (Å²) >= 11 is 0. The Labute approximate surface area is 82.5 Å². The van der Waals surface area contributed by atoms with Gasteiger partial charge in [-0.2, -0.15) is 0 Å². The van der Waals surface area contributed by atoms with Crippen LogP contribution in [0.4, 0.5) is 0 Å². The van der Waals surface area contributed by atoms with Crippen LogP contribution in [0, 0.1) is 5.92 Å². The second kappa shape index (κ2) is 3.96. The topological polar surface area (TPSA) is 3.24 Å². The third kappa shape index (κ3) is 2.88. The van der Waals surface area contributed by atoms with Crippen molar-refractivity contribution in [2.24, 2.45) is 5.92 Å². The van der Waals surface area contributed by atoms with Gasteiger partial charge in [0.1, 0.15) is 0 Å². The van der Waals surface area contributed by atoms with Crippen LogP contribution in [0.15, 0.2) is 37.2 Å². The lowest BCUT2D eigenvalue weighted by atomic mass is 10.0. The first kappa shape index (κ1) is 10.3. The van der Waals surface area contributed by atoms with Gasteiger partial charge in [0.25, 0.3) is 0 Å². The van der Waals surface area contributed by atoms with E-state index in [1.54, 1.807) is 0 Å². The zero-order valence-electron chi connectivity index (χ0n) is 8.83. The molecule has 1 heterocycles. The molecule has 2 heteroatoms. The highest BCUT2D eigenvalue weighted by Crippen LogP contribution is 2.19. The van der Waals surface area contributed by atoms with Crippen molar-refractivity contribution < 1.29 is 0 Å². The van der Waals surface area contributed by atoms with Gasteiger partial charge in [-0.15, -0.1) is 6.58 Å². The molecule has 13 heavy (non-hydrogen) atoms. The smallest absolute Gasteiger partial charge is 0.152 e. The Morgan fingerprint density at radius 3 is 2.23 bits per heavy atom. The van der Waals surface area contributed by atoms with Crippen LogP contribution in [-0.4, -0.2) is 12.8 Å². The molecule has 0 aromatic carbocycles. The number of hydrogen-bond acceptors (Lipinski definition) is 1. The molecule has 0 amide bonds. The molecule has 0 saturated carbocycles. The fourth-order valence-electron chi connectivity index (χ4n) is 1.32. The third-order valence-corrected chi connectivity index (χ3v) is 4.05. The average Bonchev–Trinajstić information content (AvgIpc) is 2.04. The van der Waals surface area contributed by atoms with Crippen molar-refractivity contribution in [3.8, 4) is 0 Å². The molecule has 1 aliphatic heterocycles. The minimum absolute atomic E-state index is 0.560. The van der Waals surface area contributed by atoms with Crippen LogP contribution in [0.1, 0.15) is 6.42 Å². The van der Waals surface area contributed by atoms with Gasteiger partial charge in [0.05, 0.1) is 0 Å². The molecule has 0 atom stereocenters. The number of allylic oxidation sites excluding steroid dienone is 3. The Morgan fingerprint density at radius 1 is 1.31 bits per heavy atom. The molecule has 1 nitrogen and oxygen atoms in total. The van der Waals surface area contributed by atoms with Gasteiger partial charge in [0.2, 0.25) is 0 Å². The van der Waals surface area contributed by atoms with Crippen LogP contribution in [0.3, 0.4) is 0 Å². The lowest BCUT2D eigenvalue weighted by Crippen LogP contribution is -2.39. The summed E-state index contributed by atoms with van der Waals surface area (Å²) in [6.07, 6.45) is 12.0. The van der Waals surface area contributed by atoms with Crippen LogP contribution in [0.25, 0.3) is 0 Å². The van der Waals surface area contributed by atoms with E-state index in [2.05, 4.69) is 55.3 Å². The largest absolute Gasteiger partial charge is 0.381 e. The number of rotatable bonds is 3. The van der Waals surface area contributed by atoms with E-state index < -0.39 is 8.24 Å². The lowest BCUT2D eigenvalue weighted by molar-refractivity contribution is 0.687. The number of nitrogens with zero attached hydrogens (tertiary/aromatic N) is 1. The third-order valence-electron chi connectivity index (χ3n) is 2.20. The van der Waals surface area contributed by atoms with Crippen molar-refractivity contribution in [3.05, 3.63) is 37.2 Å². The van der Waals surface area contributed by atoms with Gasteiger partial charge in [-0.05, 0) is 18.8 Å². The van der Waals surface area contributed by atoms with E-state index >= 15 is 0 Å². The van der Waals surface area contributed by atoms with E-state index in [0.29, 0.717) is 5.92 Å². The molecule has 0 fully saturated rings. The summed E-state index contributed by atoms with van der Waals surface area (Å²) in [4.78, 5) is 0. The van der Waals surface area contributed by atoms with Crippen molar-refractivity contribution in [2.75, 3.05) is 0 Å². The molecule has 0 bridgehead atoms. The second-order valence-electron chi connectivity index (χ2n) is 4.45. The molecule has 72 valence electrons. The van der Waals surface area contributed by atoms with Gasteiger partial charge >= 0.3 is 0 Å². The predicted octanol–water partition coefficient (Wildman–Crippen LogP) is 3.36. The summed E-state index contributed by atoms with van der Waals surface area (Å²) < 4.78 is 2.37. The van der Waals surface area contributed by atoms with E-state index in [4.69, 9.17) is 0 Å². The SMILES string of the molecule is C=CCC1C=CN([Si](C)(C)C)C=C1. The summed E-state index contributed by atoms with van der Waals surface area (Å²) in [6.45, 7) is 10.8. The molecule has 1 rings (SSSR count). The fourth-order valence-corrected chi connectivity index (χ4v) is 2.38. The molecule has 0 radical (unpaired) electrons. The molecule has 0 aromatic rings. The molecular formula is C11H19NSi. The maximum atomic E-state index is 3.75.